The van der Waals surface area contributed by atoms with Crippen molar-refractivity contribution in [3.05, 3.63) is 29.8 Å². The first kappa shape index (κ1) is 14.4. The van der Waals surface area contributed by atoms with Gasteiger partial charge in [0.05, 0.1) is 5.60 Å². The van der Waals surface area contributed by atoms with Crippen molar-refractivity contribution in [3.63, 3.8) is 0 Å². The minimum atomic E-state index is -0.704. The fourth-order valence-corrected chi connectivity index (χ4v) is 2.37. The van der Waals surface area contributed by atoms with Crippen LogP contribution >= 0.6 is 11.8 Å². The van der Waals surface area contributed by atoms with E-state index in [1.165, 1.54) is 0 Å². The number of benzene rings is 1. The van der Waals surface area contributed by atoms with Crippen LogP contribution in [0.4, 0.5) is 0 Å². The Hall–Kier alpha value is -0.710. The molecule has 0 fully saturated rings. The zero-order valence-electron chi connectivity index (χ0n) is 10.6. The van der Waals surface area contributed by atoms with Crippen molar-refractivity contribution in [2.45, 2.75) is 25.5 Å². The van der Waals surface area contributed by atoms with Gasteiger partial charge in [-0.2, -0.15) is 11.8 Å². The van der Waals surface area contributed by atoms with Gasteiger partial charge in [-0.25, -0.2) is 0 Å². The van der Waals surface area contributed by atoms with E-state index in [9.17, 15) is 10.2 Å². The molecule has 2 atom stereocenters. The van der Waals surface area contributed by atoms with Crippen LogP contribution in [0.15, 0.2) is 24.3 Å². The van der Waals surface area contributed by atoms with Crippen molar-refractivity contribution in [1.29, 1.82) is 0 Å². The van der Waals surface area contributed by atoms with Gasteiger partial charge in [0.25, 0.3) is 0 Å². The molecule has 0 spiro atoms. The summed E-state index contributed by atoms with van der Waals surface area (Å²) in [5.41, 5.74) is 0.315. The van der Waals surface area contributed by atoms with E-state index in [2.05, 4.69) is 5.32 Å². The molecule has 1 rings (SSSR count). The molecular weight excluding hydrogens is 234 g/mol. The topological polar surface area (TPSA) is 52.5 Å². The van der Waals surface area contributed by atoms with Gasteiger partial charge >= 0.3 is 0 Å². The number of thioether (sulfide) groups is 1. The predicted molar refractivity (Wildman–Crippen MR) is 73.5 cm³/mol. The molecule has 0 radical (unpaired) electrons. The molecule has 0 aromatic heterocycles. The number of hydrogen-bond acceptors (Lipinski definition) is 4. The van der Waals surface area contributed by atoms with E-state index in [1.54, 1.807) is 23.9 Å². The van der Waals surface area contributed by atoms with E-state index in [-0.39, 0.29) is 11.8 Å². The third-order valence-electron chi connectivity index (χ3n) is 2.61. The molecule has 96 valence electrons. The van der Waals surface area contributed by atoms with Crippen molar-refractivity contribution in [3.8, 4) is 5.75 Å². The van der Waals surface area contributed by atoms with Crippen LogP contribution in [-0.2, 0) is 0 Å². The Balaban J connectivity index is 2.52. The lowest BCUT2D eigenvalue weighted by molar-refractivity contribution is 0.0821. The SMILES string of the molecule is CSCC(C)(O)CNC(C)c1cccc(O)c1. The standard InChI is InChI=1S/C13H21NO2S/c1-10(11-5-4-6-12(15)7-11)14-8-13(2,16)9-17-3/h4-7,10,14-16H,8-9H2,1-3H3. The smallest absolute Gasteiger partial charge is 0.115 e. The lowest BCUT2D eigenvalue weighted by Gasteiger charge is -2.25. The Bertz CT molecular complexity index is 355. The first-order valence-corrected chi connectivity index (χ1v) is 7.07. The van der Waals surface area contributed by atoms with Gasteiger partial charge in [0.2, 0.25) is 0 Å². The number of phenolic OH excluding ortho intramolecular Hbond substituents is 1. The Morgan fingerprint density at radius 3 is 2.76 bits per heavy atom. The maximum absolute atomic E-state index is 10.0. The summed E-state index contributed by atoms with van der Waals surface area (Å²) in [4.78, 5) is 0. The third kappa shape index (κ3) is 4.98. The molecule has 0 amide bonds. The van der Waals surface area contributed by atoms with Crippen LogP contribution in [0.2, 0.25) is 0 Å². The molecule has 0 bridgehead atoms. The zero-order valence-corrected chi connectivity index (χ0v) is 11.4. The van der Waals surface area contributed by atoms with E-state index in [0.717, 1.165) is 5.56 Å². The normalized spacial score (nSPS) is 16.5. The van der Waals surface area contributed by atoms with Crippen molar-refractivity contribution in [1.82, 2.24) is 5.32 Å². The van der Waals surface area contributed by atoms with Crippen molar-refractivity contribution >= 4 is 11.8 Å². The monoisotopic (exact) mass is 255 g/mol. The number of aliphatic hydroxyl groups is 1. The van der Waals surface area contributed by atoms with Crippen molar-refractivity contribution in [2.75, 3.05) is 18.6 Å². The first-order valence-electron chi connectivity index (χ1n) is 5.68. The average Bonchev–Trinajstić information content (AvgIpc) is 2.26. The minimum absolute atomic E-state index is 0.107. The third-order valence-corrected chi connectivity index (χ3v) is 3.53. The maximum atomic E-state index is 10.0. The van der Waals surface area contributed by atoms with Gasteiger partial charge in [-0.05, 0) is 37.8 Å². The van der Waals surface area contributed by atoms with Gasteiger partial charge in [-0.1, -0.05) is 12.1 Å². The largest absolute Gasteiger partial charge is 0.508 e. The maximum Gasteiger partial charge on any atom is 0.115 e. The number of rotatable bonds is 6. The van der Waals surface area contributed by atoms with Crippen molar-refractivity contribution < 1.29 is 10.2 Å². The molecule has 2 unspecified atom stereocenters. The number of phenols is 1. The highest BCUT2D eigenvalue weighted by atomic mass is 32.2. The van der Waals surface area contributed by atoms with E-state index in [0.29, 0.717) is 12.3 Å². The predicted octanol–water partition coefficient (Wildman–Crippen LogP) is 2.16. The van der Waals surface area contributed by atoms with E-state index >= 15 is 0 Å². The van der Waals surface area contributed by atoms with E-state index in [4.69, 9.17) is 0 Å². The van der Waals surface area contributed by atoms with Crippen LogP contribution in [0.5, 0.6) is 5.75 Å². The van der Waals surface area contributed by atoms with Crippen LogP contribution in [0.1, 0.15) is 25.5 Å². The zero-order chi connectivity index (χ0) is 12.9. The molecule has 0 saturated heterocycles. The first-order chi connectivity index (χ1) is 7.94. The van der Waals surface area contributed by atoms with Crippen LogP contribution in [0.25, 0.3) is 0 Å². The quantitative estimate of drug-likeness (QED) is 0.729. The van der Waals surface area contributed by atoms with E-state index < -0.39 is 5.60 Å². The highest BCUT2D eigenvalue weighted by Gasteiger charge is 2.20. The molecule has 1 aromatic rings. The average molecular weight is 255 g/mol. The van der Waals surface area contributed by atoms with Crippen LogP contribution in [0, 0.1) is 0 Å². The molecule has 0 heterocycles. The second-order valence-corrected chi connectivity index (χ2v) is 5.49. The Kier molecular flexibility index (Phi) is 5.31. The van der Waals surface area contributed by atoms with Crippen LogP contribution in [-0.4, -0.2) is 34.4 Å². The lowest BCUT2D eigenvalue weighted by atomic mass is 10.1. The summed E-state index contributed by atoms with van der Waals surface area (Å²) in [5.74, 6) is 0.972. The summed E-state index contributed by atoms with van der Waals surface area (Å²) in [6.45, 7) is 4.38. The summed E-state index contributed by atoms with van der Waals surface area (Å²) in [5, 5.41) is 22.7. The lowest BCUT2D eigenvalue weighted by Crippen LogP contribution is -2.40. The van der Waals surface area contributed by atoms with Gasteiger partial charge < -0.3 is 15.5 Å². The summed E-state index contributed by atoms with van der Waals surface area (Å²) in [6.07, 6.45) is 1.98. The molecule has 4 heteroatoms. The summed E-state index contributed by atoms with van der Waals surface area (Å²) >= 11 is 1.63. The van der Waals surface area contributed by atoms with Gasteiger partial charge in [-0.3, -0.25) is 0 Å². The molecule has 0 aliphatic carbocycles. The van der Waals surface area contributed by atoms with Crippen LogP contribution in [0.3, 0.4) is 0 Å². The summed E-state index contributed by atoms with van der Waals surface area (Å²) < 4.78 is 0. The molecule has 0 saturated carbocycles. The van der Waals surface area contributed by atoms with Crippen LogP contribution < -0.4 is 5.32 Å². The van der Waals surface area contributed by atoms with Gasteiger partial charge in [0, 0.05) is 18.3 Å². The highest BCUT2D eigenvalue weighted by molar-refractivity contribution is 7.98. The molecular formula is C13H21NO2S. The summed E-state index contributed by atoms with van der Waals surface area (Å²) in [7, 11) is 0. The molecule has 17 heavy (non-hydrogen) atoms. The Morgan fingerprint density at radius 2 is 2.18 bits per heavy atom. The second kappa shape index (κ2) is 6.28. The number of hydrogen-bond donors (Lipinski definition) is 3. The minimum Gasteiger partial charge on any atom is -0.508 e. The molecule has 3 N–H and O–H groups in total. The molecule has 0 aliphatic rings. The Labute approximate surface area is 107 Å². The highest BCUT2D eigenvalue weighted by Crippen LogP contribution is 2.18. The number of nitrogens with one attached hydrogen (secondary N) is 1. The fourth-order valence-electron chi connectivity index (χ4n) is 1.65. The molecule has 3 nitrogen and oxygen atoms in total. The number of aromatic hydroxyl groups is 1. The molecule has 0 aliphatic heterocycles. The van der Waals surface area contributed by atoms with Gasteiger partial charge in [-0.15, -0.1) is 0 Å². The molecule has 1 aromatic carbocycles. The second-order valence-electron chi connectivity index (χ2n) is 4.63. The van der Waals surface area contributed by atoms with Crippen molar-refractivity contribution in [2.24, 2.45) is 0 Å². The van der Waals surface area contributed by atoms with E-state index in [1.807, 2.05) is 32.2 Å². The summed E-state index contributed by atoms with van der Waals surface area (Å²) in [6, 6.07) is 7.28. The fraction of sp³-hybridized carbons (Fsp3) is 0.538. The van der Waals surface area contributed by atoms with Gasteiger partial charge in [0.15, 0.2) is 0 Å². The van der Waals surface area contributed by atoms with Gasteiger partial charge in [0.1, 0.15) is 5.75 Å². The Morgan fingerprint density at radius 1 is 1.47 bits per heavy atom.